The first-order valence-electron chi connectivity index (χ1n) is 7.00. The Morgan fingerprint density at radius 3 is 2.47 bits per heavy atom. The Hall–Kier alpha value is -1.35. The molecule has 1 rings (SSSR count). The fourth-order valence-electron chi connectivity index (χ4n) is 2.18. The van der Waals surface area contributed by atoms with Crippen LogP contribution in [0.1, 0.15) is 38.3 Å². The summed E-state index contributed by atoms with van der Waals surface area (Å²) >= 11 is 0. The van der Waals surface area contributed by atoms with Crippen LogP contribution in [-0.4, -0.2) is 18.0 Å². The molecule has 0 spiro atoms. The molecule has 0 saturated heterocycles. The zero-order valence-corrected chi connectivity index (χ0v) is 12.4. The van der Waals surface area contributed by atoms with E-state index in [-0.39, 0.29) is 11.9 Å². The van der Waals surface area contributed by atoms with Crippen molar-refractivity contribution in [2.24, 2.45) is 11.7 Å². The minimum absolute atomic E-state index is 0.0465. The van der Waals surface area contributed by atoms with Gasteiger partial charge in [-0.1, -0.05) is 38.1 Å². The molecule has 3 nitrogen and oxygen atoms in total. The van der Waals surface area contributed by atoms with Gasteiger partial charge >= 0.3 is 0 Å². The molecule has 0 fully saturated rings. The molecule has 0 saturated carbocycles. The molecule has 3 N–H and O–H groups in total. The van der Waals surface area contributed by atoms with E-state index in [1.165, 1.54) is 11.1 Å². The fourth-order valence-corrected chi connectivity index (χ4v) is 2.18. The van der Waals surface area contributed by atoms with E-state index in [9.17, 15) is 4.79 Å². The van der Waals surface area contributed by atoms with Gasteiger partial charge in [0.05, 0.1) is 6.04 Å². The molecular formula is C16H26N2O. The first-order valence-corrected chi connectivity index (χ1v) is 7.00. The number of aryl methyl sites for hydroxylation is 1. The Balaban J connectivity index is 2.49. The SMILES string of the molecule is Cc1ccccc1CC(C)NC(=O)C(N)CC(C)C. The molecule has 1 amide bonds. The van der Waals surface area contributed by atoms with E-state index >= 15 is 0 Å². The third kappa shape index (κ3) is 5.43. The van der Waals surface area contributed by atoms with Crippen molar-refractivity contribution in [2.75, 3.05) is 0 Å². The predicted octanol–water partition coefficient (Wildman–Crippen LogP) is 2.42. The number of nitrogens with two attached hydrogens (primary N) is 1. The third-order valence-corrected chi connectivity index (χ3v) is 3.24. The van der Waals surface area contributed by atoms with Crippen molar-refractivity contribution < 1.29 is 4.79 Å². The number of carbonyl (C=O) groups is 1. The minimum atomic E-state index is -0.403. The lowest BCUT2D eigenvalue weighted by Gasteiger charge is -2.19. The summed E-state index contributed by atoms with van der Waals surface area (Å²) in [7, 11) is 0. The van der Waals surface area contributed by atoms with Crippen molar-refractivity contribution in [3.05, 3.63) is 35.4 Å². The molecule has 1 aromatic carbocycles. The minimum Gasteiger partial charge on any atom is -0.352 e. The molecule has 2 atom stereocenters. The van der Waals surface area contributed by atoms with E-state index < -0.39 is 6.04 Å². The predicted molar refractivity (Wildman–Crippen MR) is 79.9 cm³/mol. The van der Waals surface area contributed by atoms with Gasteiger partial charge in [-0.05, 0) is 43.7 Å². The van der Waals surface area contributed by atoms with E-state index in [4.69, 9.17) is 5.73 Å². The molecule has 0 radical (unpaired) electrons. The molecular weight excluding hydrogens is 236 g/mol. The molecule has 0 heterocycles. The summed E-state index contributed by atoms with van der Waals surface area (Å²) < 4.78 is 0. The highest BCUT2D eigenvalue weighted by Crippen LogP contribution is 2.10. The van der Waals surface area contributed by atoms with Crippen LogP contribution in [0.15, 0.2) is 24.3 Å². The van der Waals surface area contributed by atoms with Gasteiger partial charge in [0.15, 0.2) is 0 Å². The number of nitrogens with one attached hydrogen (secondary N) is 1. The van der Waals surface area contributed by atoms with Crippen molar-refractivity contribution in [1.29, 1.82) is 0 Å². The van der Waals surface area contributed by atoms with E-state index in [1.807, 2.05) is 19.1 Å². The second-order valence-corrected chi connectivity index (χ2v) is 5.78. The number of amides is 1. The van der Waals surface area contributed by atoms with E-state index in [2.05, 4.69) is 38.2 Å². The van der Waals surface area contributed by atoms with Gasteiger partial charge in [0.2, 0.25) is 5.91 Å². The summed E-state index contributed by atoms with van der Waals surface area (Å²) in [5.41, 5.74) is 8.41. The molecule has 0 bridgehead atoms. The average Bonchev–Trinajstić information content (AvgIpc) is 2.31. The lowest BCUT2D eigenvalue weighted by Crippen LogP contribution is -2.45. The van der Waals surface area contributed by atoms with Crippen molar-refractivity contribution in [1.82, 2.24) is 5.32 Å². The van der Waals surface area contributed by atoms with Gasteiger partial charge < -0.3 is 11.1 Å². The number of hydrogen-bond donors (Lipinski definition) is 2. The zero-order valence-electron chi connectivity index (χ0n) is 12.4. The van der Waals surface area contributed by atoms with E-state index in [0.717, 1.165) is 12.8 Å². The van der Waals surface area contributed by atoms with Crippen LogP contribution in [0, 0.1) is 12.8 Å². The first-order chi connectivity index (χ1) is 8.90. The summed E-state index contributed by atoms with van der Waals surface area (Å²) in [5, 5.41) is 3.00. The van der Waals surface area contributed by atoms with Gasteiger partial charge in [-0.2, -0.15) is 0 Å². The van der Waals surface area contributed by atoms with Crippen LogP contribution in [0.3, 0.4) is 0 Å². The Labute approximate surface area is 116 Å². The molecule has 1 aromatic rings. The van der Waals surface area contributed by atoms with Crippen LogP contribution in [0.4, 0.5) is 0 Å². The van der Waals surface area contributed by atoms with E-state index in [1.54, 1.807) is 0 Å². The molecule has 106 valence electrons. The maximum absolute atomic E-state index is 11.9. The Morgan fingerprint density at radius 2 is 1.89 bits per heavy atom. The van der Waals surface area contributed by atoms with Gasteiger partial charge in [0, 0.05) is 6.04 Å². The fraction of sp³-hybridized carbons (Fsp3) is 0.562. The normalized spacial score (nSPS) is 14.2. The lowest BCUT2D eigenvalue weighted by molar-refractivity contribution is -0.123. The molecule has 0 aliphatic heterocycles. The summed E-state index contributed by atoms with van der Waals surface area (Å²) in [6.07, 6.45) is 1.57. The number of benzene rings is 1. The third-order valence-electron chi connectivity index (χ3n) is 3.24. The van der Waals surface area contributed by atoms with Gasteiger partial charge in [0.1, 0.15) is 0 Å². The van der Waals surface area contributed by atoms with Crippen LogP contribution < -0.4 is 11.1 Å². The van der Waals surface area contributed by atoms with E-state index in [0.29, 0.717) is 5.92 Å². The van der Waals surface area contributed by atoms with Gasteiger partial charge in [0.25, 0.3) is 0 Å². The standard InChI is InChI=1S/C16H26N2O/c1-11(2)9-15(17)16(19)18-13(4)10-14-8-6-5-7-12(14)3/h5-8,11,13,15H,9-10,17H2,1-4H3,(H,18,19). The zero-order chi connectivity index (χ0) is 14.4. The monoisotopic (exact) mass is 262 g/mol. The average molecular weight is 262 g/mol. The van der Waals surface area contributed by atoms with Crippen molar-refractivity contribution in [3.63, 3.8) is 0 Å². The lowest BCUT2D eigenvalue weighted by atomic mass is 10.0. The number of hydrogen-bond acceptors (Lipinski definition) is 2. The van der Waals surface area contributed by atoms with Gasteiger partial charge in [-0.15, -0.1) is 0 Å². The molecule has 2 unspecified atom stereocenters. The van der Waals surface area contributed by atoms with Crippen molar-refractivity contribution in [3.8, 4) is 0 Å². The summed E-state index contributed by atoms with van der Waals surface area (Å²) in [6, 6.07) is 7.95. The largest absolute Gasteiger partial charge is 0.352 e. The Morgan fingerprint density at radius 1 is 1.26 bits per heavy atom. The highest BCUT2D eigenvalue weighted by atomic mass is 16.2. The number of rotatable bonds is 6. The summed E-state index contributed by atoms with van der Waals surface area (Å²) in [4.78, 5) is 11.9. The Bertz CT molecular complexity index is 415. The summed E-state index contributed by atoms with van der Waals surface area (Å²) in [6.45, 7) is 8.26. The quantitative estimate of drug-likeness (QED) is 0.827. The maximum atomic E-state index is 11.9. The molecule has 0 aromatic heterocycles. The molecule has 0 aliphatic carbocycles. The van der Waals surface area contributed by atoms with Gasteiger partial charge in [-0.25, -0.2) is 0 Å². The Kier molecular flexibility index (Phi) is 6.03. The maximum Gasteiger partial charge on any atom is 0.237 e. The second kappa shape index (κ2) is 7.29. The molecule has 19 heavy (non-hydrogen) atoms. The highest BCUT2D eigenvalue weighted by Gasteiger charge is 2.17. The van der Waals surface area contributed by atoms with Crippen LogP contribution in [-0.2, 0) is 11.2 Å². The van der Waals surface area contributed by atoms with Crippen LogP contribution >= 0.6 is 0 Å². The highest BCUT2D eigenvalue weighted by molar-refractivity contribution is 5.81. The molecule has 3 heteroatoms. The number of carbonyl (C=O) groups excluding carboxylic acids is 1. The van der Waals surface area contributed by atoms with Crippen LogP contribution in [0.25, 0.3) is 0 Å². The first kappa shape index (κ1) is 15.7. The second-order valence-electron chi connectivity index (χ2n) is 5.78. The summed E-state index contributed by atoms with van der Waals surface area (Å²) in [5.74, 6) is 0.391. The van der Waals surface area contributed by atoms with Crippen molar-refractivity contribution in [2.45, 2.75) is 52.6 Å². The topological polar surface area (TPSA) is 55.1 Å². The van der Waals surface area contributed by atoms with Crippen molar-refractivity contribution >= 4 is 5.91 Å². The smallest absolute Gasteiger partial charge is 0.237 e. The van der Waals surface area contributed by atoms with Gasteiger partial charge in [-0.3, -0.25) is 4.79 Å². The molecule has 0 aliphatic rings. The van der Waals surface area contributed by atoms with Crippen LogP contribution in [0.2, 0.25) is 0 Å². The van der Waals surface area contributed by atoms with Crippen LogP contribution in [0.5, 0.6) is 0 Å².